The van der Waals surface area contributed by atoms with Crippen LogP contribution in [-0.2, 0) is 19.0 Å². The highest BCUT2D eigenvalue weighted by Crippen LogP contribution is 2.68. The number of fused-ring (bicyclic) bond motifs is 5. The predicted octanol–water partition coefficient (Wildman–Crippen LogP) is 7.07. The number of hydrogen-bond donors (Lipinski definition) is 1. The summed E-state index contributed by atoms with van der Waals surface area (Å²) in [5, 5.41) is 9.21. The highest BCUT2D eigenvalue weighted by molar-refractivity contribution is 5.66. The van der Waals surface area contributed by atoms with Gasteiger partial charge in [0.15, 0.2) is 5.79 Å². The van der Waals surface area contributed by atoms with Crippen LogP contribution >= 0.6 is 0 Å². The average molecular weight is 505 g/mol. The predicted molar refractivity (Wildman–Crippen MR) is 141 cm³/mol. The summed E-state index contributed by atoms with van der Waals surface area (Å²) in [7, 11) is 0. The molecule has 5 nitrogen and oxygen atoms in total. The monoisotopic (exact) mass is 504 g/mol. The van der Waals surface area contributed by atoms with E-state index in [1.165, 1.54) is 57.8 Å². The van der Waals surface area contributed by atoms with E-state index in [-0.39, 0.29) is 6.10 Å². The first-order chi connectivity index (χ1) is 17.0. The van der Waals surface area contributed by atoms with Crippen LogP contribution in [0, 0.1) is 46.3 Å². The fraction of sp³-hybridized carbons (Fsp3) is 0.968. The maximum absolute atomic E-state index is 11.2. The normalized spacial score (nSPS) is 46.5. The lowest BCUT2D eigenvalue weighted by atomic mass is 9.44. The van der Waals surface area contributed by atoms with Gasteiger partial charge in [0.1, 0.15) is 0 Å². The third kappa shape index (κ3) is 5.02. The molecule has 0 spiro atoms. The third-order valence-corrected chi connectivity index (χ3v) is 12.1. The van der Waals surface area contributed by atoms with Crippen LogP contribution < -0.4 is 0 Å². The standard InChI is InChI=1S/C31H52O5/c1-20(6-11-28(32)33)25-9-10-26-24-8-7-21-18-22(34-17-14-23-19-35-29(2,3)36-23)12-15-30(21,4)27(24)13-16-31(25,26)5/h20-27H,6-19H2,1-5H3,(H,32,33)/t20-,21?,22?,23+,24?,25?,26?,27?,30?,31?/m1/s1. The van der Waals surface area contributed by atoms with Crippen LogP contribution in [0.4, 0.5) is 0 Å². The number of aliphatic carboxylic acids is 1. The molecule has 1 heterocycles. The minimum absolute atomic E-state index is 0.169. The van der Waals surface area contributed by atoms with Gasteiger partial charge in [-0.15, -0.1) is 0 Å². The Hall–Kier alpha value is -0.650. The van der Waals surface area contributed by atoms with E-state index in [1.807, 2.05) is 13.8 Å². The van der Waals surface area contributed by atoms with Crippen molar-refractivity contribution in [2.75, 3.05) is 13.2 Å². The Morgan fingerprint density at radius 3 is 2.47 bits per heavy atom. The van der Waals surface area contributed by atoms with Crippen LogP contribution in [0.15, 0.2) is 0 Å². The first kappa shape index (κ1) is 26.9. The minimum Gasteiger partial charge on any atom is -0.481 e. The largest absolute Gasteiger partial charge is 0.481 e. The summed E-state index contributed by atoms with van der Waals surface area (Å²) < 4.78 is 18.1. The van der Waals surface area contributed by atoms with Crippen molar-refractivity contribution in [2.24, 2.45) is 46.3 Å². The zero-order valence-electron chi connectivity index (χ0n) is 23.6. The van der Waals surface area contributed by atoms with Crippen LogP contribution in [0.25, 0.3) is 0 Å². The number of carboxylic acid groups (broad SMARTS) is 1. The fourth-order valence-electron chi connectivity index (χ4n) is 10.2. The van der Waals surface area contributed by atoms with Gasteiger partial charge in [0.2, 0.25) is 0 Å². The first-order valence-corrected chi connectivity index (χ1v) is 15.2. The minimum atomic E-state index is -0.638. The smallest absolute Gasteiger partial charge is 0.303 e. The Balaban J connectivity index is 1.16. The van der Waals surface area contributed by atoms with E-state index >= 15 is 0 Å². The molecule has 5 fully saturated rings. The zero-order valence-corrected chi connectivity index (χ0v) is 23.6. The van der Waals surface area contributed by atoms with Crippen LogP contribution in [-0.4, -0.2) is 42.3 Å². The molecule has 8 unspecified atom stereocenters. The SMILES string of the molecule is C[C@H](CCC(=O)O)C1CCC2C3CCC4CC(OCC[C@H]5COC(C)(C)O5)CCC4(C)C3CCC21C. The van der Waals surface area contributed by atoms with Gasteiger partial charge in [0.05, 0.1) is 18.8 Å². The van der Waals surface area contributed by atoms with Crippen molar-refractivity contribution in [1.82, 2.24) is 0 Å². The first-order valence-electron chi connectivity index (χ1n) is 15.2. The Bertz CT molecular complexity index is 796. The molecule has 5 aliphatic rings. The van der Waals surface area contributed by atoms with Crippen molar-refractivity contribution in [3.8, 4) is 0 Å². The van der Waals surface area contributed by atoms with Gasteiger partial charge in [-0.3, -0.25) is 4.79 Å². The molecule has 0 bridgehead atoms. The second kappa shape index (κ2) is 10.2. The molecular weight excluding hydrogens is 452 g/mol. The Kier molecular flexibility index (Phi) is 7.60. The summed E-state index contributed by atoms with van der Waals surface area (Å²) in [5.74, 6) is 3.55. The van der Waals surface area contributed by atoms with Crippen molar-refractivity contribution in [2.45, 2.75) is 130 Å². The molecule has 206 valence electrons. The maximum atomic E-state index is 11.2. The summed E-state index contributed by atoms with van der Waals surface area (Å²) in [5.41, 5.74) is 0.896. The Labute approximate surface area is 219 Å². The lowest BCUT2D eigenvalue weighted by Crippen LogP contribution is -2.54. The molecule has 5 rings (SSSR count). The van der Waals surface area contributed by atoms with Crippen molar-refractivity contribution < 1.29 is 24.1 Å². The number of rotatable bonds is 8. The number of ether oxygens (including phenoxy) is 3. The van der Waals surface area contributed by atoms with Gasteiger partial charge in [-0.1, -0.05) is 20.8 Å². The van der Waals surface area contributed by atoms with Crippen LogP contribution in [0.2, 0.25) is 0 Å². The van der Waals surface area contributed by atoms with E-state index in [2.05, 4.69) is 20.8 Å². The second-order valence-electron chi connectivity index (χ2n) is 14.3. The lowest BCUT2D eigenvalue weighted by molar-refractivity contribution is -0.146. The van der Waals surface area contributed by atoms with Gasteiger partial charge in [0.25, 0.3) is 0 Å². The summed E-state index contributed by atoms with van der Waals surface area (Å²) in [6.07, 6.45) is 14.6. The highest BCUT2D eigenvalue weighted by atomic mass is 16.7. The van der Waals surface area contributed by atoms with Gasteiger partial charge in [-0.25, -0.2) is 0 Å². The quantitative estimate of drug-likeness (QED) is 0.383. The second-order valence-corrected chi connectivity index (χ2v) is 14.3. The maximum Gasteiger partial charge on any atom is 0.303 e. The van der Waals surface area contributed by atoms with E-state index in [1.54, 1.807) is 0 Å². The van der Waals surface area contributed by atoms with Gasteiger partial charge >= 0.3 is 5.97 Å². The van der Waals surface area contributed by atoms with Gasteiger partial charge in [0, 0.05) is 13.0 Å². The van der Waals surface area contributed by atoms with Gasteiger partial charge < -0.3 is 19.3 Å². The molecule has 10 atom stereocenters. The molecule has 0 aromatic rings. The van der Waals surface area contributed by atoms with Crippen molar-refractivity contribution in [1.29, 1.82) is 0 Å². The molecule has 4 aliphatic carbocycles. The molecule has 36 heavy (non-hydrogen) atoms. The molecule has 1 aliphatic heterocycles. The molecule has 0 radical (unpaired) electrons. The number of carboxylic acids is 1. The van der Waals surface area contributed by atoms with Crippen molar-refractivity contribution >= 4 is 5.97 Å². The highest BCUT2D eigenvalue weighted by Gasteiger charge is 2.60. The van der Waals surface area contributed by atoms with Gasteiger partial charge in [-0.05, 0) is 131 Å². The van der Waals surface area contributed by atoms with Gasteiger partial charge in [-0.2, -0.15) is 0 Å². The van der Waals surface area contributed by atoms with E-state index in [4.69, 9.17) is 14.2 Å². The summed E-state index contributed by atoms with van der Waals surface area (Å²) >= 11 is 0. The molecule has 0 aromatic heterocycles. The molecule has 1 N–H and O–H groups in total. The van der Waals surface area contributed by atoms with Crippen LogP contribution in [0.1, 0.15) is 112 Å². The van der Waals surface area contributed by atoms with E-state index in [9.17, 15) is 9.90 Å². The van der Waals surface area contributed by atoms with E-state index in [0.29, 0.717) is 41.8 Å². The summed E-state index contributed by atoms with van der Waals surface area (Å²) in [6, 6.07) is 0. The Morgan fingerprint density at radius 2 is 1.75 bits per heavy atom. The summed E-state index contributed by atoms with van der Waals surface area (Å²) in [6.45, 7) is 13.0. The Morgan fingerprint density at radius 1 is 1.00 bits per heavy atom. The average Bonchev–Trinajstić information content (AvgIpc) is 3.36. The summed E-state index contributed by atoms with van der Waals surface area (Å²) in [4.78, 5) is 11.2. The zero-order chi connectivity index (χ0) is 25.7. The van der Waals surface area contributed by atoms with Crippen molar-refractivity contribution in [3.05, 3.63) is 0 Å². The molecule has 4 saturated carbocycles. The number of hydrogen-bond acceptors (Lipinski definition) is 4. The fourth-order valence-corrected chi connectivity index (χ4v) is 10.2. The molecular formula is C31H52O5. The van der Waals surface area contributed by atoms with E-state index in [0.717, 1.165) is 43.1 Å². The number of carbonyl (C=O) groups is 1. The molecule has 0 amide bonds. The molecule has 1 saturated heterocycles. The van der Waals surface area contributed by atoms with Crippen molar-refractivity contribution in [3.63, 3.8) is 0 Å². The molecule has 0 aromatic carbocycles. The molecule has 5 heteroatoms. The topological polar surface area (TPSA) is 65.0 Å². The van der Waals surface area contributed by atoms with E-state index < -0.39 is 11.8 Å². The van der Waals surface area contributed by atoms with Crippen LogP contribution in [0.5, 0.6) is 0 Å². The third-order valence-electron chi connectivity index (χ3n) is 12.1. The van der Waals surface area contributed by atoms with Crippen LogP contribution in [0.3, 0.4) is 0 Å². The lowest BCUT2D eigenvalue weighted by Gasteiger charge is -2.61.